The molecular weight excluding hydrogens is 252 g/mol. The van der Waals surface area contributed by atoms with Gasteiger partial charge in [-0.2, -0.15) is 10.2 Å². The van der Waals surface area contributed by atoms with Crippen molar-refractivity contribution >= 4 is 0 Å². The molecule has 0 bridgehead atoms. The third-order valence-electron chi connectivity index (χ3n) is 3.91. The molecule has 2 aromatic heterocycles. The first kappa shape index (κ1) is 14.8. The molecule has 1 atom stereocenters. The summed E-state index contributed by atoms with van der Waals surface area (Å²) < 4.78 is 3.71. The predicted molar refractivity (Wildman–Crippen MR) is 78.5 cm³/mol. The Hall–Kier alpha value is -1.62. The molecule has 1 unspecified atom stereocenters. The van der Waals surface area contributed by atoms with E-state index < -0.39 is 0 Å². The maximum atomic E-state index is 10.1. The topological polar surface area (TPSA) is 55.9 Å². The van der Waals surface area contributed by atoms with Crippen LogP contribution < -0.4 is 0 Å². The van der Waals surface area contributed by atoms with E-state index in [2.05, 4.69) is 17.1 Å². The Kier molecular flexibility index (Phi) is 4.60. The van der Waals surface area contributed by atoms with Crippen molar-refractivity contribution in [2.24, 2.45) is 14.1 Å². The third-order valence-corrected chi connectivity index (χ3v) is 3.91. The zero-order chi connectivity index (χ0) is 14.7. The van der Waals surface area contributed by atoms with Gasteiger partial charge in [0, 0.05) is 26.0 Å². The monoisotopic (exact) mass is 276 g/mol. The molecule has 20 heavy (non-hydrogen) atoms. The van der Waals surface area contributed by atoms with Gasteiger partial charge in [-0.05, 0) is 50.7 Å². The predicted octanol–water partition coefficient (Wildman–Crippen LogP) is 1.70. The Morgan fingerprint density at radius 3 is 2.45 bits per heavy atom. The molecule has 110 valence electrons. The number of rotatable bonds is 6. The van der Waals surface area contributed by atoms with E-state index in [1.54, 1.807) is 4.68 Å². The first-order chi connectivity index (χ1) is 9.47. The molecule has 5 nitrogen and oxygen atoms in total. The van der Waals surface area contributed by atoms with E-state index in [9.17, 15) is 5.11 Å². The average Bonchev–Trinajstić information content (AvgIpc) is 2.91. The van der Waals surface area contributed by atoms with Crippen molar-refractivity contribution in [1.29, 1.82) is 0 Å². The van der Waals surface area contributed by atoms with E-state index in [0.717, 1.165) is 31.4 Å². The largest absolute Gasteiger partial charge is 0.393 e. The summed E-state index contributed by atoms with van der Waals surface area (Å²) in [6.45, 7) is 4.11. The van der Waals surface area contributed by atoms with Gasteiger partial charge in [0.05, 0.1) is 18.0 Å². The summed E-state index contributed by atoms with van der Waals surface area (Å²) in [4.78, 5) is 0. The lowest BCUT2D eigenvalue weighted by molar-refractivity contribution is 0.155. The molecule has 0 aliphatic carbocycles. The minimum absolute atomic E-state index is 0.269. The maximum absolute atomic E-state index is 10.1. The highest BCUT2D eigenvalue weighted by atomic mass is 16.3. The molecule has 2 rings (SSSR count). The lowest BCUT2D eigenvalue weighted by Gasteiger charge is -2.10. The van der Waals surface area contributed by atoms with Crippen LogP contribution in [-0.4, -0.2) is 30.8 Å². The number of aromatic nitrogens is 4. The summed E-state index contributed by atoms with van der Waals surface area (Å²) in [5.41, 5.74) is 4.72. The van der Waals surface area contributed by atoms with E-state index in [0.29, 0.717) is 0 Å². The average molecular weight is 276 g/mol. The Morgan fingerprint density at radius 1 is 1.20 bits per heavy atom. The number of hydrogen-bond donors (Lipinski definition) is 1. The molecular formula is C15H24N4O. The first-order valence-corrected chi connectivity index (χ1v) is 7.12. The van der Waals surface area contributed by atoms with Crippen LogP contribution in [0.4, 0.5) is 0 Å². The van der Waals surface area contributed by atoms with Crippen LogP contribution in [0.1, 0.15) is 35.4 Å². The van der Waals surface area contributed by atoms with Gasteiger partial charge in [-0.3, -0.25) is 9.36 Å². The molecule has 0 fully saturated rings. The van der Waals surface area contributed by atoms with E-state index >= 15 is 0 Å². The lowest BCUT2D eigenvalue weighted by atomic mass is 10.0. The van der Waals surface area contributed by atoms with Crippen LogP contribution in [0.25, 0.3) is 0 Å². The molecule has 0 saturated carbocycles. The summed E-state index contributed by atoms with van der Waals surface area (Å²) >= 11 is 0. The zero-order valence-electron chi connectivity index (χ0n) is 12.8. The van der Waals surface area contributed by atoms with Gasteiger partial charge in [0.2, 0.25) is 0 Å². The highest BCUT2D eigenvalue weighted by molar-refractivity contribution is 5.24. The quantitative estimate of drug-likeness (QED) is 0.873. The fourth-order valence-corrected chi connectivity index (χ4v) is 2.57. The second-order valence-corrected chi connectivity index (χ2v) is 5.53. The second kappa shape index (κ2) is 6.22. The second-order valence-electron chi connectivity index (χ2n) is 5.53. The van der Waals surface area contributed by atoms with E-state index in [-0.39, 0.29) is 6.10 Å². The van der Waals surface area contributed by atoms with Crippen LogP contribution >= 0.6 is 0 Å². The number of aliphatic hydroxyl groups is 1. The fraction of sp³-hybridized carbons (Fsp3) is 0.600. The molecule has 0 aliphatic heterocycles. The highest BCUT2D eigenvalue weighted by Gasteiger charge is 2.12. The normalized spacial score (nSPS) is 12.8. The van der Waals surface area contributed by atoms with Crippen molar-refractivity contribution in [3.63, 3.8) is 0 Å². The Balaban J connectivity index is 1.81. The summed E-state index contributed by atoms with van der Waals surface area (Å²) in [6.07, 6.45) is 6.93. The van der Waals surface area contributed by atoms with Gasteiger partial charge in [-0.15, -0.1) is 0 Å². The Morgan fingerprint density at radius 2 is 1.90 bits per heavy atom. The molecule has 0 spiro atoms. The third kappa shape index (κ3) is 3.48. The number of aliphatic hydroxyl groups excluding tert-OH is 1. The van der Waals surface area contributed by atoms with Crippen LogP contribution in [0.3, 0.4) is 0 Å². The van der Waals surface area contributed by atoms with Gasteiger partial charge < -0.3 is 5.11 Å². The number of hydrogen-bond acceptors (Lipinski definition) is 3. The molecule has 2 aromatic rings. The molecule has 1 N–H and O–H groups in total. The van der Waals surface area contributed by atoms with Gasteiger partial charge in [-0.1, -0.05) is 0 Å². The van der Waals surface area contributed by atoms with Crippen LogP contribution in [0, 0.1) is 13.8 Å². The SMILES string of the molecule is Cc1nn(C)c(C)c1CCC(O)CCc1cnn(C)c1. The summed E-state index contributed by atoms with van der Waals surface area (Å²) in [7, 11) is 3.87. The fourth-order valence-electron chi connectivity index (χ4n) is 2.57. The number of aryl methyl sites for hydroxylation is 4. The minimum atomic E-state index is -0.269. The molecule has 5 heteroatoms. The van der Waals surface area contributed by atoms with Crippen LogP contribution in [-0.2, 0) is 26.9 Å². The van der Waals surface area contributed by atoms with E-state index in [1.807, 2.05) is 38.1 Å². The molecule has 0 aromatic carbocycles. The van der Waals surface area contributed by atoms with Crippen molar-refractivity contribution in [2.45, 2.75) is 45.6 Å². The Labute approximate surface area is 120 Å². The lowest BCUT2D eigenvalue weighted by Crippen LogP contribution is -2.10. The van der Waals surface area contributed by atoms with E-state index in [1.165, 1.54) is 16.8 Å². The van der Waals surface area contributed by atoms with Gasteiger partial charge in [-0.25, -0.2) is 0 Å². The van der Waals surface area contributed by atoms with E-state index in [4.69, 9.17) is 0 Å². The molecule has 2 heterocycles. The summed E-state index contributed by atoms with van der Waals surface area (Å²) in [5, 5.41) is 18.7. The van der Waals surface area contributed by atoms with Crippen LogP contribution in [0.15, 0.2) is 12.4 Å². The number of nitrogens with zero attached hydrogens (tertiary/aromatic N) is 4. The highest BCUT2D eigenvalue weighted by Crippen LogP contribution is 2.16. The summed E-state index contributed by atoms with van der Waals surface area (Å²) in [5.74, 6) is 0. The minimum Gasteiger partial charge on any atom is -0.393 e. The zero-order valence-corrected chi connectivity index (χ0v) is 12.8. The van der Waals surface area contributed by atoms with Crippen molar-refractivity contribution in [2.75, 3.05) is 0 Å². The van der Waals surface area contributed by atoms with Crippen molar-refractivity contribution in [1.82, 2.24) is 19.6 Å². The van der Waals surface area contributed by atoms with Crippen LogP contribution in [0.5, 0.6) is 0 Å². The molecule has 0 aliphatic rings. The standard InChI is InChI=1S/C15H24N4O/c1-11-15(12(2)19(4)17-11)8-7-14(20)6-5-13-9-16-18(3)10-13/h9-10,14,20H,5-8H2,1-4H3. The van der Waals surface area contributed by atoms with Gasteiger partial charge in [0.25, 0.3) is 0 Å². The van der Waals surface area contributed by atoms with Gasteiger partial charge in [0.1, 0.15) is 0 Å². The van der Waals surface area contributed by atoms with Crippen molar-refractivity contribution in [3.8, 4) is 0 Å². The van der Waals surface area contributed by atoms with Crippen LogP contribution in [0.2, 0.25) is 0 Å². The smallest absolute Gasteiger partial charge is 0.0628 e. The van der Waals surface area contributed by atoms with Gasteiger partial charge in [0.15, 0.2) is 0 Å². The van der Waals surface area contributed by atoms with Crippen molar-refractivity contribution < 1.29 is 5.11 Å². The maximum Gasteiger partial charge on any atom is 0.0628 e. The molecule has 0 radical (unpaired) electrons. The van der Waals surface area contributed by atoms with Gasteiger partial charge >= 0.3 is 0 Å². The molecule has 0 amide bonds. The summed E-state index contributed by atoms with van der Waals surface area (Å²) in [6, 6.07) is 0. The first-order valence-electron chi connectivity index (χ1n) is 7.12. The van der Waals surface area contributed by atoms with Crippen molar-refractivity contribution in [3.05, 3.63) is 34.9 Å². The Bertz CT molecular complexity index is 570. The molecule has 0 saturated heterocycles.